The maximum Gasteiger partial charge on any atom is 0.115 e. The predicted molar refractivity (Wildman–Crippen MR) is 86.6 cm³/mol. The van der Waals surface area contributed by atoms with Crippen LogP contribution in [-0.2, 0) is 12.0 Å². The van der Waals surface area contributed by atoms with Crippen molar-refractivity contribution in [2.45, 2.75) is 39.2 Å². The molecular formula is C16H24ClN3. The number of aryl methyl sites for hydroxylation is 1. The van der Waals surface area contributed by atoms with Crippen LogP contribution in [0.5, 0.6) is 0 Å². The van der Waals surface area contributed by atoms with E-state index in [1.165, 1.54) is 0 Å². The van der Waals surface area contributed by atoms with Crippen LogP contribution in [0.15, 0.2) is 18.2 Å². The topological polar surface area (TPSA) is 21.1 Å². The minimum atomic E-state index is 0.0314. The van der Waals surface area contributed by atoms with Gasteiger partial charge in [0.15, 0.2) is 0 Å². The zero-order chi connectivity index (χ0) is 14.9. The molecule has 110 valence electrons. The Morgan fingerprint density at radius 1 is 1.25 bits per heavy atom. The fourth-order valence-corrected chi connectivity index (χ4v) is 2.61. The minimum absolute atomic E-state index is 0.0314. The van der Waals surface area contributed by atoms with Crippen molar-refractivity contribution in [2.75, 3.05) is 20.6 Å². The lowest BCUT2D eigenvalue weighted by atomic mass is 9.95. The van der Waals surface area contributed by atoms with E-state index >= 15 is 0 Å². The standard InChI is InChI=1S/C16H24ClN3/c1-16(2,3)15-18-13-8-7-12(17)11-14(13)20(15)10-6-9-19(4)5/h7-8,11H,6,9-10H2,1-5H3. The number of fused-ring (bicyclic) bond motifs is 1. The number of rotatable bonds is 4. The van der Waals surface area contributed by atoms with Gasteiger partial charge in [0.25, 0.3) is 0 Å². The highest BCUT2D eigenvalue weighted by atomic mass is 35.5. The molecule has 0 aliphatic carbocycles. The molecule has 1 aromatic carbocycles. The van der Waals surface area contributed by atoms with Crippen molar-refractivity contribution < 1.29 is 0 Å². The third kappa shape index (κ3) is 3.33. The van der Waals surface area contributed by atoms with Gasteiger partial charge in [-0.1, -0.05) is 32.4 Å². The number of halogens is 1. The Hall–Kier alpha value is -1.06. The molecule has 0 fully saturated rings. The van der Waals surface area contributed by atoms with Crippen LogP contribution in [0.25, 0.3) is 11.0 Å². The van der Waals surface area contributed by atoms with E-state index < -0.39 is 0 Å². The lowest BCUT2D eigenvalue weighted by molar-refractivity contribution is 0.381. The van der Waals surface area contributed by atoms with Gasteiger partial charge in [-0.05, 0) is 45.3 Å². The van der Waals surface area contributed by atoms with E-state index in [2.05, 4.69) is 44.3 Å². The summed E-state index contributed by atoms with van der Waals surface area (Å²) in [6.07, 6.45) is 1.11. The fourth-order valence-electron chi connectivity index (χ4n) is 2.44. The molecule has 4 heteroatoms. The van der Waals surface area contributed by atoms with Gasteiger partial charge in [0, 0.05) is 17.0 Å². The Morgan fingerprint density at radius 2 is 1.95 bits per heavy atom. The summed E-state index contributed by atoms with van der Waals surface area (Å²) in [5.74, 6) is 1.13. The monoisotopic (exact) mass is 293 g/mol. The highest BCUT2D eigenvalue weighted by Crippen LogP contribution is 2.28. The van der Waals surface area contributed by atoms with Gasteiger partial charge >= 0.3 is 0 Å². The van der Waals surface area contributed by atoms with Gasteiger partial charge in [0.05, 0.1) is 11.0 Å². The Labute approximate surface area is 126 Å². The molecule has 0 spiro atoms. The number of hydrogen-bond donors (Lipinski definition) is 0. The van der Waals surface area contributed by atoms with Crippen LogP contribution >= 0.6 is 11.6 Å². The van der Waals surface area contributed by atoms with Crippen LogP contribution in [0, 0.1) is 0 Å². The quantitative estimate of drug-likeness (QED) is 0.851. The lowest BCUT2D eigenvalue weighted by Crippen LogP contribution is -2.21. The molecule has 0 saturated carbocycles. The van der Waals surface area contributed by atoms with E-state index in [-0.39, 0.29) is 5.41 Å². The summed E-state index contributed by atoms with van der Waals surface area (Å²) in [4.78, 5) is 7.02. The Kier molecular flexibility index (Phi) is 4.40. The molecule has 0 N–H and O–H groups in total. The van der Waals surface area contributed by atoms with Gasteiger partial charge in [-0.15, -0.1) is 0 Å². The summed E-state index contributed by atoms with van der Waals surface area (Å²) in [5.41, 5.74) is 2.20. The molecule has 0 radical (unpaired) electrons. The van der Waals surface area contributed by atoms with Crippen LogP contribution in [0.1, 0.15) is 33.0 Å². The van der Waals surface area contributed by atoms with Gasteiger partial charge in [-0.2, -0.15) is 0 Å². The van der Waals surface area contributed by atoms with E-state index in [1.54, 1.807) is 0 Å². The average molecular weight is 294 g/mol. The van der Waals surface area contributed by atoms with Crippen molar-refractivity contribution >= 4 is 22.6 Å². The molecule has 1 aromatic heterocycles. The van der Waals surface area contributed by atoms with Crippen molar-refractivity contribution in [1.82, 2.24) is 14.5 Å². The molecule has 0 aliphatic heterocycles. The molecule has 0 bridgehead atoms. The molecule has 0 atom stereocenters. The first kappa shape index (κ1) is 15.3. The lowest BCUT2D eigenvalue weighted by Gasteiger charge is -2.20. The van der Waals surface area contributed by atoms with Crippen LogP contribution < -0.4 is 0 Å². The number of benzene rings is 1. The first-order chi connectivity index (χ1) is 9.29. The van der Waals surface area contributed by atoms with E-state index in [0.29, 0.717) is 0 Å². The van der Waals surface area contributed by atoms with E-state index in [9.17, 15) is 0 Å². The highest BCUT2D eigenvalue weighted by Gasteiger charge is 2.22. The second-order valence-corrected chi connectivity index (χ2v) is 7.06. The third-order valence-corrected chi connectivity index (χ3v) is 3.60. The summed E-state index contributed by atoms with van der Waals surface area (Å²) in [5, 5.41) is 0.770. The van der Waals surface area contributed by atoms with Crippen molar-refractivity contribution in [3.05, 3.63) is 29.0 Å². The van der Waals surface area contributed by atoms with E-state index in [4.69, 9.17) is 16.6 Å². The van der Waals surface area contributed by atoms with E-state index in [0.717, 1.165) is 41.4 Å². The van der Waals surface area contributed by atoms with Gasteiger partial charge in [-0.3, -0.25) is 0 Å². The Balaban J connectivity index is 2.43. The SMILES string of the molecule is CN(C)CCCn1c(C(C)(C)C)nc2ccc(Cl)cc21. The number of nitrogens with zero attached hydrogens (tertiary/aromatic N) is 3. The van der Waals surface area contributed by atoms with Crippen LogP contribution in [-0.4, -0.2) is 35.1 Å². The zero-order valence-corrected chi connectivity index (χ0v) is 13.8. The second kappa shape index (κ2) is 5.74. The second-order valence-electron chi connectivity index (χ2n) is 6.63. The zero-order valence-electron chi connectivity index (χ0n) is 13.1. The predicted octanol–water partition coefficient (Wildman–Crippen LogP) is 3.94. The van der Waals surface area contributed by atoms with Crippen LogP contribution in [0.3, 0.4) is 0 Å². The number of aromatic nitrogens is 2. The maximum atomic E-state index is 6.15. The number of hydrogen-bond acceptors (Lipinski definition) is 2. The Bertz CT molecular complexity index is 594. The largest absolute Gasteiger partial charge is 0.327 e. The van der Waals surface area contributed by atoms with Crippen molar-refractivity contribution in [1.29, 1.82) is 0 Å². The molecule has 0 aliphatic rings. The molecule has 1 heterocycles. The summed E-state index contributed by atoms with van der Waals surface area (Å²) in [6, 6.07) is 5.94. The maximum absolute atomic E-state index is 6.15. The third-order valence-electron chi connectivity index (χ3n) is 3.37. The molecule has 0 amide bonds. The molecule has 20 heavy (non-hydrogen) atoms. The number of imidazole rings is 1. The molecular weight excluding hydrogens is 270 g/mol. The summed E-state index contributed by atoms with van der Waals surface area (Å²) >= 11 is 6.15. The van der Waals surface area contributed by atoms with E-state index in [1.807, 2.05) is 18.2 Å². The van der Waals surface area contributed by atoms with Crippen molar-refractivity contribution in [3.63, 3.8) is 0 Å². The fraction of sp³-hybridized carbons (Fsp3) is 0.562. The van der Waals surface area contributed by atoms with Gasteiger partial charge < -0.3 is 9.47 Å². The normalized spacial score (nSPS) is 12.6. The van der Waals surface area contributed by atoms with Gasteiger partial charge in [0.2, 0.25) is 0 Å². The molecule has 3 nitrogen and oxygen atoms in total. The summed E-state index contributed by atoms with van der Waals surface area (Å²) in [7, 11) is 4.21. The average Bonchev–Trinajstić information content (AvgIpc) is 2.67. The van der Waals surface area contributed by atoms with Gasteiger partial charge in [-0.25, -0.2) is 4.98 Å². The minimum Gasteiger partial charge on any atom is -0.327 e. The summed E-state index contributed by atoms with van der Waals surface area (Å²) < 4.78 is 2.32. The molecule has 0 saturated heterocycles. The molecule has 2 aromatic rings. The van der Waals surface area contributed by atoms with Crippen molar-refractivity contribution in [3.8, 4) is 0 Å². The summed E-state index contributed by atoms with van der Waals surface area (Å²) in [6.45, 7) is 8.67. The van der Waals surface area contributed by atoms with Crippen LogP contribution in [0.4, 0.5) is 0 Å². The highest BCUT2D eigenvalue weighted by molar-refractivity contribution is 6.31. The Morgan fingerprint density at radius 3 is 2.55 bits per heavy atom. The first-order valence-corrected chi connectivity index (χ1v) is 7.48. The smallest absolute Gasteiger partial charge is 0.115 e. The van der Waals surface area contributed by atoms with Crippen LogP contribution in [0.2, 0.25) is 5.02 Å². The van der Waals surface area contributed by atoms with Crippen molar-refractivity contribution in [2.24, 2.45) is 0 Å². The molecule has 2 rings (SSSR count). The molecule has 0 unspecified atom stereocenters. The van der Waals surface area contributed by atoms with Gasteiger partial charge in [0.1, 0.15) is 5.82 Å². The first-order valence-electron chi connectivity index (χ1n) is 7.10.